The van der Waals surface area contributed by atoms with E-state index in [1.54, 1.807) is 24.4 Å². The molecule has 3 rings (SSSR count). The third-order valence-electron chi connectivity index (χ3n) is 3.67. The fraction of sp³-hybridized carbons (Fsp3) is 0.125. The molecular weight excluding hydrogens is 330 g/mol. The van der Waals surface area contributed by atoms with E-state index in [-0.39, 0.29) is 4.90 Å². The molecule has 8 heteroatoms. The van der Waals surface area contributed by atoms with Gasteiger partial charge in [0.15, 0.2) is 0 Å². The molecule has 0 unspecified atom stereocenters. The van der Waals surface area contributed by atoms with Crippen molar-refractivity contribution in [1.82, 2.24) is 10.5 Å². The van der Waals surface area contributed by atoms with Crippen molar-refractivity contribution in [3.63, 3.8) is 0 Å². The number of carbonyl (C=O) groups is 1. The first kappa shape index (κ1) is 16.2. The standard InChI is InChI=1S/C16H15N3O4S/c20-15(18-21)7-6-12-3-1-5-14(11-12)24(22,23)19-10-8-13-4-2-9-17-16(13)19/h1-7,9,11,21H,8,10H2,(H,18,20). The van der Waals surface area contributed by atoms with Crippen LogP contribution in [0.4, 0.5) is 5.82 Å². The summed E-state index contributed by atoms with van der Waals surface area (Å²) in [5.74, 6) is -0.237. The van der Waals surface area contributed by atoms with E-state index in [2.05, 4.69) is 4.98 Å². The lowest BCUT2D eigenvalue weighted by atomic mass is 10.2. The molecule has 1 aliphatic heterocycles. The molecule has 2 N–H and O–H groups in total. The summed E-state index contributed by atoms with van der Waals surface area (Å²) in [5, 5.41) is 8.47. The largest absolute Gasteiger partial charge is 0.288 e. The Hall–Kier alpha value is -2.71. The number of hydroxylamine groups is 1. The number of aromatic nitrogens is 1. The molecule has 0 bridgehead atoms. The summed E-state index contributed by atoms with van der Waals surface area (Å²) in [6.45, 7) is 0.349. The van der Waals surface area contributed by atoms with Crippen LogP contribution in [0.3, 0.4) is 0 Å². The maximum absolute atomic E-state index is 12.9. The lowest BCUT2D eigenvalue weighted by molar-refractivity contribution is -0.124. The topological polar surface area (TPSA) is 99.6 Å². The second kappa shape index (κ2) is 6.42. The summed E-state index contributed by atoms with van der Waals surface area (Å²) in [6, 6.07) is 9.88. The molecule has 0 radical (unpaired) electrons. The summed E-state index contributed by atoms with van der Waals surface area (Å²) >= 11 is 0. The van der Waals surface area contributed by atoms with Crippen LogP contribution in [0.25, 0.3) is 6.08 Å². The Bertz CT molecular complexity index is 909. The van der Waals surface area contributed by atoms with Crippen molar-refractivity contribution in [2.45, 2.75) is 11.3 Å². The number of pyridine rings is 1. The number of benzene rings is 1. The predicted molar refractivity (Wildman–Crippen MR) is 87.9 cm³/mol. The summed E-state index contributed by atoms with van der Waals surface area (Å²) < 4.78 is 27.1. The monoisotopic (exact) mass is 345 g/mol. The lowest BCUT2D eigenvalue weighted by Gasteiger charge is -2.18. The summed E-state index contributed by atoms with van der Waals surface area (Å²) in [4.78, 5) is 15.3. The molecule has 0 saturated carbocycles. The van der Waals surface area contributed by atoms with Gasteiger partial charge in [0, 0.05) is 18.8 Å². The fourth-order valence-corrected chi connectivity index (χ4v) is 4.04. The molecule has 0 fully saturated rings. The minimum Gasteiger partial charge on any atom is -0.288 e. The smallest absolute Gasteiger partial charge is 0.267 e. The van der Waals surface area contributed by atoms with Gasteiger partial charge in [-0.15, -0.1) is 0 Å². The molecular formula is C16H15N3O4S. The van der Waals surface area contributed by atoms with Crippen molar-refractivity contribution in [1.29, 1.82) is 0 Å². The van der Waals surface area contributed by atoms with Crippen LogP contribution in [-0.4, -0.2) is 31.1 Å². The van der Waals surface area contributed by atoms with Gasteiger partial charge in [-0.1, -0.05) is 18.2 Å². The van der Waals surface area contributed by atoms with Crippen LogP contribution in [-0.2, 0) is 21.2 Å². The predicted octanol–water partition coefficient (Wildman–Crippen LogP) is 1.35. The first-order valence-corrected chi connectivity index (χ1v) is 8.65. The van der Waals surface area contributed by atoms with Gasteiger partial charge in [-0.25, -0.2) is 23.2 Å². The molecule has 124 valence electrons. The lowest BCUT2D eigenvalue weighted by Crippen LogP contribution is -2.29. The van der Waals surface area contributed by atoms with Gasteiger partial charge < -0.3 is 0 Å². The minimum atomic E-state index is -3.73. The summed E-state index contributed by atoms with van der Waals surface area (Å²) in [7, 11) is -3.73. The van der Waals surface area contributed by atoms with Gasteiger partial charge in [0.05, 0.1) is 4.90 Å². The number of hydrogen-bond donors (Lipinski definition) is 2. The molecule has 2 heterocycles. The average Bonchev–Trinajstić information content (AvgIpc) is 3.04. The SMILES string of the molecule is O=C(C=Cc1cccc(S(=O)(=O)N2CCc3cccnc32)c1)NO. The van der Waals surface area contributed by atoms with E-state index in [1.165, 1.54) is 28.0 Å². The number of fused-ring (bicyclic) bond motifs is 1. The molecule has 0 aliphatic carbocycles. The first-order valence-electron chi connectivity index (χ1n) is 7.21. The fourth-order valence-electron chi connectivity index (χ4n) is 2.53. The van der Waals surface area contributed by atoms with E-state index in [0.29, 0.717) is 24.3 Å². The van der Waals surface area contributed by atoms with Gasteiger partial charge in [-0.3, -0.25) is 10.0 Å². The second-order valence-electron chi connectivity index (χ2n) is 5.20. The molecule has 2 aromatic rings. The summed E-state index contributed by atoms with van der Waals surface area (Å²) in [6.07, 6.45) is 4.72. The number of amides is 1. The normalized spacial score (nSPS) is 14.0. The van der Waals surface area contributed by atoms with E-state index in [4.69, 9.17) is 5.21 Å². The highest BCUT2D eigenvalue weighted by Gasteiger charge is 2.31. The van der Waals surface area contributed by atoms with Gasteiger partial charge in [0.1, 0.15) is 5.82 Å². The van der Waals surface area contributed by atoms with Gasteiger partial charge in [-0.05, 0) is 41.8 Å². The Morgan fingerprint density at radius 2 is 2.12 bits per heavy atom. The van der Waals surface area contributed by atoms with Crippen molar-refractivity contribution in [3.05, 3.63) is 59.8 Å². The van der Waals surface area contributed by atoms with Crippen LogP contribution in [0.2, 0.25) is 0 Å². The van der Waals surface area contributed by atoms with E-state index in [9.17, 15) is 13.2 Å². The van der Waals surface area contributed by atoms with E-state index in [0.717, 1.165) is 11.6 Å². The Labute approximate surface area is 139 Å². The highest BCUT2D eigenvalue weighted by atomic mass is 32.2. The number of hydrogen-bond acceptors (Lipinski definition) is 5. The van der Waals surface area contributed by atoms with Gasteiger partial charge in [-0.2, -0.15) is 0 Å². The first-order chi connectivity index (χ1) is 11.5. The number of anilines is 1. The molecule has 1 aromatic heterocycles. The van der Waals surface area contributed by atoms with Crippen molar-refractivity contribution in [3.8, 4) is 0 Å². The zero-order valence-corrected chi connectivity index (χ0v) is 13.4. The zero-order valence-electron chi connectivity index (χ0n) is 12.6. The van der Waals surface area contributed by atoms with Crippen molar-refractivity contribution in [2.24, 2.45) is 0 Å². The average molecular weight is 345 g/mol. The molecule has 1 amide bonds. The maximum atomic E-state index is 12.9. The van der Waals surface area contributed by atoms with E-state index >= 15 is 0 Å². The highest BCUT2D eigenvalue weighted by molar-refractivity contribution is 7.92. The number of rotatable bonds is 4. The van der Waals surface area contributed by atoms with E-state index < -0.39 is 15.9 Å². The third-order valence-corrected chi connectivity index (χ3v) is 5.46. The molecule has 7 nitrogen and oxygen atoms in total. The maximum Gasteiger partial charge on any atom is 0.267 e. The van der Waals surface area contributed by atoms with Crippen LogP contribution in [0.1, 0.15) is 11.1 Å². The Balaban J connectivity index is 1.94. The second-order valence-corrected chi connectivity index (χ2v) is 7.06. The van der Waals surface area contributed by atoms with Gasteiger partial charge in [0.25, 0.3) is 15.9 Å². The van der Waals surface area contributed by atoms with Crippen LogP contribution in [0.5, 0.6) is 0 Å². The minimum absolute atomic E-state index is 0.118. The third kappa shape index (κ3) is 3.01. The molecule has 0 spiro atoms. The number of carbonyl (C=O) groups excluding carboxylic acids is 1. The van der Waals surface area contributed by atoms with Crippen LogP contribution >= 0.6 is 0 Å². The molecule has 0 atom stereocenters. The Kier molecular flexibility index (Phi) is 4.32. The number of nitrogens with one attached hydrogen (secondary N) is 1. The number of sulfonamides is 1. The molecule has 0 saturated heterocycles. The van der Waals surface area contributed by atoms with Crippen LogP contribution in [0, 0.1) is 0 Å². The van der Waals surface area contributed by atoms with Crippen molar-refractivity contribution < 1.29 is 18.4 Å². The van der Waals surface area contributed by atoms with Crippen LogP contribution < -0.4 is 9.79 Å². The Morgan fingerprint density at radius 1 is 1.29 bits per heavy atom. The van der Waals surface area contributed by atoms with Gasteiger partial charge >= 0.3 is 0 Å². The summed E-state index contributed by atoms with van der Waals surface area (Å²) in [5.41, 5.74) is 2.90. The molecule has 24 heavy (non-hydrogen) atoms. The number of nitrogens with zero attached hydrogens (tertiary/aromatic N) is 2. The van der Waals surface area contributed by atoms with Crippen LogP contribution in [0.15, 0.2) is 53.6 Å². The van der Waals surface area contributed by atoms with Crippen molar-refractivity contribution >= 4 is 27.8 Å². The van der Waals surface area contributed by atoms with E-state index in [1.807, 2.05) is 6.07 Å². The Morgan fingerprint density at radius 3 is 2.92 bits per heavy atom. The molecule has 1 aliphatic rings. The van der Waals surface area contributed by atoms with Crippen molar-refractivity contribution in [2.75, 3.05) is 10.8 Å². The van der Waals surface area contributed by atoms with Gasteiger partial charge in [0.2, 0.25) is 0 Å². The highest BCUT2D eigenvalue weighted by Crippen LogP contribution is 2.30. The molecule has 1 aromatic carbocycles. The quantitative estimate of drug-likeness (QED) is 0.495. The zero-order chi connectivity index (χ0) is 17.2.